The van der Waals surface area contributed by atoms with E-state index >= 15 is 0 Å². The Morgan fingerprint density at radius 3 is 2.41 bits per heavy atom. The highest BCUT2D eigenvalue weighted by molar-refractivity contribution is 6.32. The molecule has 5 N–H and O–H groups in total. The second-order valence-corrected chi connectivity index (χ2v) is 13.5. The van der Waals surface area contributed by atoms with Gasteiger partial charge >= 0.3 is 0 Å². The van der Waals surface area contributed by atoms with Crippen molar-refractivity contribution in [3.8, 4) is 22.6 Å². The maximum atomic E-state index is 14.2. The van der Waals surface area contributed by atoms with Crippen molar-refractivity contribution in [1.29, 1.82) is 0 Å². The fourth-order valence-electron chi connectivity index (χ4n) is 8.50. The van der Waals surface area contributed by atoms with Gasteiger partial charge in [0.15, 0.2) is 34.7 Å². The number of ether oxygens (including phenoxy) is 1. The molecule has 244 valence electrons. The zero-order valence-corrected chi connectivity index (χ0v) is 26.4. The number of phenols is 1. The summed E-state index contributed by atoms with van der Waals surface area (Å²) in [6.07, 6.45) is 6.13. The van der Waals surface area contributed by atoms with Crippen molar-refractivity contribution in [1.82, 2.24) is 10.2 Å². The third kappa shape index (κ3) is 4.96. The molecule has 6 rings (SSSR count). The highest BCUT2D eigenvalue weighted by Gasteiger charge is 2.69. The molecule has 0 aromatic heterocycles. The smallest absolute Gasteiger partial charge is 0.235 e. The fourth-order valence-corrected chi connectivity index (χ4v) is 8.50. The standard InChI is InChI=1S/C35H41N3O8/c1-38(2)29-23-15-18-14-22-20(21-13-17(9-12-25(21)46-3)16-37-19-7-5-4-6-8-19)10-11-24(39)27(22)30(40)26(18)32(42)35(23,45)33(43)28(31(29)41)34(36)44/h9-13,18-19,23,26,28-29,37,39,45H,4-8,14-16H2,1-3H3,(H2,36,44). The van der Waals surface area contributed by atoms with Gasteiger partial charge in [-0.3, -0.25) is 28.9 Å². The van der Waals surface area contributed by atoms with Gasteiger partial charge in [-0.2, -0.15) is 0 Å². The molecule has 3 fully saturated rings. The summed E-state index contributed by atoms with van der Waals surface area (Å²) in [4.78, 5) is 68.9. The number of hydrogen-bond acceptors (Lipinski definition) is 10. The minimum atomic E-state index is -2.76. The first kappa shape index (κ1) is 32.0. The molecule has 2 aromatic rings. The van der Waals surface area contributed by atoms with Gasteiger partial charge in [-0.15, -0.1) is 0 Å². The van der Waals surface area contributed by atoms with E-state index in [2.05, 4.69) is 5.32 Å². The van der Waals surface area contributed by atoms with E-state index in [1.165, 1.54) is 30.2 Å². The summed E-state index contributed by atoms with van der Waals surface area (Å²) in [5, 5.41) is 26.4. The Kier molecular flexibility index (Phi) is 8.37. The number of aromatic hydroxyl groups is 1. The molecule has 2 aromatic carbocycles. The number of nitrogens with two attached hydrogens (primary N) is 1. The molecule has 11 heteroatoms. The number of ketones is 4. The van der Waals surface area contributed by atoms with Gasteiger partial charge in [-0.05, 0) is 80.6 Å². The van der Waals surface area contributed by atoms with Crippen LogP contribution in [0.2, 0.25) is 0 Å². The number of rotatable bonds is 7. The number of nitrogens with zero attached hydrogens (tertiary/aromatic N) is 1. The first-order valence-electron chi connectivity index (χ1n) is 16.0. The monoisotopic (exact) mass is 631 g/mol. The quantitative estimate of drug-likeness (QED) is 0.331. The molecular formula is C35H41N3O8. The molecule has 4 aliphatic rings. The topological polar surface area (TPSA) is 176 Å². The molecule has 4 aliphatic carbocycles. The predicted octanol–water partition coefficient (Wildman–Crippen LogP) is 1.96. The van der Waals surface area contributed by atoms with Crippen molar-refractivity contribution in [3.63, 3.8) is 0 Å². The number of benzene rings is 2. The third-order valence-electron chi connectivity index (χ3n) is 10.7. The Hall–Kier alpha value is -3.93. The Morgan fingerprint density at radius 1 is 1.04 bits per heavy atom. The molecule has 0 heterocycles. The van der Waals surface area contributed by atoms with Gasteiger partial charge in [-0.1, -0.05) is 31.4 Å². The van der Waals surface area contributed by atoms with Crippen molar-refractivity contribution in [2.24, 2.45) is 29.4 Å². The van der Waals surface area contributed by atoms with Gasteiger partial charge in [0, 0.05) is 24.1 Å². The minimum absolute atomic E-state index is 0.0124. The first-order chi connectivity index (χ1) is 21.9. The van der Waals surface area contributed by atoms with Crippen LogP contribution in [0, 0.1) is 23.7 Å². The van der Waals surface area contributed by atoms with Gasteiger partial charge in [0.05, 0.1) is 24.6 Å². The molecule has 3 saturated carbocycles. The van der Waals surface area contributed by atoms with E-state index < -0.39 is 64.4 Å². The van der Waals surface area contributed by atoms with Gasteiger partial charge < -0.3 is 26.0 Å². The van der Waals surface area contributed by atoms with Crippen molar-refractivity contribution in [3.05, 3.63) is 47.0 Å². The lowest BCUT2D eigenvalue weighted by atomic mass is 9.52. The van der Waals surface area contributed by atoms with Crippen LogP contribution in [0.25, 0.3) is 11.1 Å². The average molecular weight is 632 g/mol. The molecule has 0 aliphatic heterocycles. The van der Waals surface area contributed by atoms with E-state index in [0.717, 1.165) is 24.0 Å². The van der Waals surface area contributed by atoms with Crippen LogP contribution in [0.1, 0.15) is 60.0 Å². The van der Waals surface area contributed by atoms with E-state index in [1.54, 1.807) is 27.3 Å². The summed E-state index contributed by atoms with van der Waals surface area (Å²) < 4.78 is 5.73. The molecule has 0 radical (unpaired) electrons. The molecule has 6 atom stereocenters. The van der Waals surface area contributed by atoms with E-state index in [1.807, 2.05) is 18.2 Å². The summed E-state index contributed by atoms with van der Waals surface area (Å²) in [7, 11) is 4.69. The number of methoxy groups -OCH3 is 1. The van der Waals surface area contributed by atoms with Crippen molar-refractivity contribution < 1.29 is 38.9 Å². The van der Waals surface area contributed by atoms with Crippen LogP contribution in [0.5, 0.6) is 11.5 Å². The number of Topliss-reactive ketones (excluding diaryl/α,β-unsaturated/α-hetero) is 4. The lowest BCUT2D eigenvalue weighted by Gasteiger charge is -2.52. The van der Waals surface area contributed by atoms with Crippen LogP contribution in [-0.2, 0) is 32.1 Å². The second-order valence-electron chi connectivity index (χ2n) is 13.5. The lowest BCUT2D eigenvalue weighted by molar-refractivity contribution is -0.181. The van der Waals surface area contributed by atoms with E-state index in [9.17, 15) is 34.2 Å². The zero-order valence-electron chi connectivity index (χ0n) is 26.4. The Bertz CT molecular complexity index is 1630. The molecular weight excluding hydrogens is 590 g/mol. The number of carbonyl (C=O) groups is 5. The maximum absolute atomic E-state index is 14.2. The normalized spacial score (nSPS) is 29.7. The van der Waals surface area contributed by atoms with Crippen LogP contribution in [0.15, 0.2) is 30.3 Å². The van der Waals surface area contributed by atoms with Crippen LogP contribution in [0.4, 0.5) is 0 Å². The fraction of sp³-hybridized carbons (Fsp3) is 0.514. The van der Waals surface area contributed by atoms with Crippen LogP contribution < -0.4 is 15.8 Å². The van der Waals surface area contributed by atoms with E-state index in [-0.39, 0.29) is 24.2 Å². The SMILES string of the molecule is COc1ccc(CNC2CCCCC2)cc1-c1ccc(O)c2c1CC1CC3C(N(C)C)C(=O)C(C(N)=O)C(=O)C3(O)C(=O)C1C2=O. The second kappa shape index (κ2) is 12.0. The highest BCUT2D eigenvalue weighted by Crippen LogP contribution is 2.52. The summed E-state index contributed by atoms with van der Waals surface area (Å²) in [5.41, 5.74) is 5.55. The van der Waals surface area contributed by atoms with Gasteiger partial charge in [-0.25, -0.2) is 0 Å². The largest absolute Gasteiger partial charge is 0.507 e. The Balaban J connectivity index is 1.41. The van der Waals surface area contributed by atoms with Crippen molar-refractivity contribution in [2.75, 3.05) is 21.2 Å². The number of aliphatic hydroxyl groups is 1. The number of amides is 1. The summed E-state index contributed by atoms with van der Waals surface area (Å²) in [6, 6.07) is 8.31. The van der Waals surface area contributed by atoms with Crippen molar-refractivity contribution in [2.45, 2.75) is 69.2 Å². The number of nitrogens with one attached hydrogen (secondary N) is 1. The number of carbonyl (C=O) groups excluding carboxylic acids is 5. The van der Waals surface area contributed by atoms with Crippen LogP contribution in [0.3, 0.4) is 0 Å². The number of fused-ring (bicyclic) bond motifs is 3. The zero-order chi connectivity index (χ0) is 33.1. The number of hydrogen-bond donors (Lipinski definition) is 4. The molecule has 1 amide bonds. The van der Waals surface area contributed by atoms with E-state index in [0.29, 0.717) is 29.5 Å². The van der Waals surface area contributed by atoms with Gasteiger partial charge in [0.2, 0.25) is 5.91 Å². The molecule has 0 spiro atoms. The van der Waals surface area contributed by atoms with Gasteiger partial charge in [0.1, 0.15) is 11.5 Å². The maximum Gasteiger partial charge on any atom is 0.235 e. The summed E-state index contributed by atoms with van der Waals surface area (Å²) in [5.74, 6) is -10.1. The van der Waals surface area contributed by atoms with Gasteiger partial charge in [0.25, 0.3) is 0 Å². The van der Waals surface area contributed by atoms with E-state index in [4.69, 9.17) is 10.5 Å². The molecule has 6 unspecified atom stereocenters. The molecule has 0 bridgehead atoms. The Labute approximate surface area is 267 Å². The molecule has 46 heavy (non-hydrogen) atoms. The summed E-state index contributed by atoms with van der Waals surface area (Å²) >= 11 is 0. The van der Waals surface area contributed by atoms with Crippen LogP contribution >= 0.6 is 0 Å². The summed E-state index contributed by atoms with van der Waals surface area (Å²) in [6.45, 7) is 0.653. The highest BCUT2D eigenvalue weighted by atomic mass is 16.5. The number of primary amides is 1. The minimum Gasteiger partial charge on any atom is -0.507 e. The number of phenolic OH excluding ortho intramolecular Hbond substituents is 1. The molecule has 0 saturated heterocycles. The first-order valence-corrected chi connectivity index (χ1v) is 16.0. The predicted molar refractivity (Wildman–Crippen MR) is 167 cm³/mol. The van der Waals surface area contributed by atoms with Crippen molar-refractivity contribution >= 4 is 29.0 Å². The average Bonchev–Trinajstić information content (AvgIpc) is 3.02. The third-order valence-corrected chi connectivity index (χ3v) is 10.7. The Morgan fingerprint density at radius 2 is 1.76 bits per heavy atom. The van der Waals surface area contributed by atoms with Crippen LogP contribution in [-0.4, -0.2) is 83.0 Å². The lowest BCUT2D eigenvalue weighted by Crippen LogP contribution is -2.74. The molecule has 11 nitrogen and oxygen atoms in total. The number of likely N-dealkylation sites (N-methyl/N-ethyl adjacent to an activating group) is 1.